The average Bonchev–Trinajstić information content (AvgIpc) is 4.09. The van der Waals surface area contributed by atoms with Crippen LogP contribution < -0.4 is 10.7 Å². The molecule has 3 aliphatic heterocycles. The minimum Gasteiger partial charge on any atom is -0.508 e. The summed E-state index contributed by atoms with van der Waals surface area (Å²) in [5.74, 6) is -2.72. The molecule has 1 unspecified atom stereocenters. The second kappa shape index (κ2) is 22.4. The van der Waals surface area contributed by atoms with E-state index in [1.807, 2.05) is 68.1 Å². The van der Waals surface area contributed by atoms with Crippen LogP contribution >= 0.6 is 0 Å². The number of aliphatic hydroxyl groups is 1. The monoisotopic (exact) mass is 1010 g/mol. The second-order valence-electron chi connectivity index (χ2n) is 21.3. The van der Waals surface area contributed by atoms with Gasteiger partial charge in [0.25, 0.3) is 5.91 Å². The van der Waals surface area contributed by atoms with Crippen molar-refractivity contribution in [3.63, 3.8) is 0 Å². The van der Waals surface area contributed by atoms with Crippen LogP contribution in [-0.2, 0) is 66.0 Å². The number of phenolic OH excluding ortho intramolecular Hbond substituents is 1. The summed E-state index contributed by atoms with van der Waals surface area (Å²) in [5.41, 5.74) is 11.1. The molecule has 2 fully saturated rings. The Bertz CT molecular complexity index is 2920. The number of hydrazine groups is 1. The van der Waals surface area contributed by atoms with Crippen molar-refractivity contribution in [1.82, 2.24) is 40.0 Å². The Morgan fingerprint density at radius 3 is 2.47 bits per heavy atom. The lowest BCUT2D eigenvalue weighted by molar-refractivity contribution is -0.155. The van der Waals surface area contributed by atoms with Crippen molar-refractivity contribution in [3.8, 4) is 28.1 Å². The number of amides is 4. The highest BCUT2D eigenvalue weighted by Crippen LogP contribution is 2.42. The molecule has 8 rings (SSSR count). The van der Waals surface area contributed by atoms with E-state index >= 15 is 0 Å². The van der Waals surface area contributed by atoms with Crippen molar-refractivity contribution in [3.05, 3.63) is 107 Å². The Labute approximate surface area is 433 Å². The highest BCUT2D eigenvalue weighted by molar-refractivity contribution is 5.96. The molecule has 394 valence electrons. The number of carbonyl (C=O) groups excluding carboxylic acids is 5. The molecule has 3 aromatic carbocycles. The Balaban J connectivity index is 1.10. The molecular formula is C57H72N8O9. The van der Waals surface area contributed by atoms with Gasteiger partial charge in [0.15, 0.2) is 0 Å². The molecule has 5 aromatic rings. The van der Waals surface area contributed by atoms with Gasteiger partial charge in [-0.3, -0.25) is 38.9 Å². The highest BCUT2D eigenvalue weighted by Gasteiger charge is 2.43. The molecule has 17 heteroatoms. The van der Waals surface area contributed by atoms with Crippen LogP contribution in [0.2, 0.25) is 0 Å². The number of benzene rings is 3. The molecule has 4 amide bonds. The number of ether oxygens (including phenoxy) is 2. The van der Waals surface area contributed by atoms with Gasteiger partial charge in [0.1, 0.15) is 29.9 Å². The van der Waals surface area contributed by atoms with Gasteiger partial charge in [0, 0.05) is 81.9 Å². The van der Waals surface area contributed by atoms with E-state index in [2.05, 4.69) is 54.3 Å². The quantitative estimate of drug-likeness (QED) is 0.0776. The van der Waals surface area contributed by atoms with Crippen LogP contribution in [0.3, 0.4) is 0 Å². The van der Waals surface area contributed by atoms with Crippen molar-refractivity contribution >= 4 is 40.5 Å². The molecule has 0 radical (unpaired) electrons. The fourth-order valence-corrected chi connectivity index (χ4v) is 10.7. The lowest BCUT2D eigenvalue weighted by atomic mass is 9.84. The van der Waals surface area contributed by atoms with Crippen LogP contribution in [0, 0.1) is 11.3 Å². The summed E-state index contributed by atoms with van der Waals surface area (Å²) in [6.45, 7) is 13.4. The standard InChI is InChI=1S/C57H72N8O9/c1-10-64-47-20-19-37-27-43(47)44(52(64)42-17-13-21-58-50(42)35(4)73-9)28-57(5,6)33-74-56(72)45-18-14-22-65(60-45)54(70)46(25-36-23-40(37)26-41(67)24-36)59-53(69)51(34(2)3)62(8)49(68)31-61(7)55(71)48-30-63(48)29-38-15-11-12-16-39(38)32-66/h11-13,15-17,19-21,23-24,26-27,34-35,45-46,48,51,60,66-67H,10,14,18,22,25,28-33H2,1-9H3,(H,59,69)/t35-,45-,46-,48+,51-,63?/m0/s1. The first-order valence-corrected chi connectivity index (χ1v) is 25.8. The Kier molecular flexibility index (Phi) is 16.3. The zero-order valence-electron chi connectivity index (χ0n) is 44.2. The molecule has 6 atom stereocenters. The number of pyridine rings is 1. The first-order chi connectivity index (χ1) is 35.3. The molecule has 0 saturated carbocycles. The SMILES string of the molecule is CCn1c(-c2cccnc2[C@H](C)OC)c2c3cc(ccc31)-c1cc(O)cc(c1)C[C@H](NC(=O)[C@H](C(C)C)N(C)C(=O)CN(C)C(=O)[C@H]1CN1Cc1ccccc1CO)C(=O)N1CCC[C@H](N1)C(=O)OCC(C)(C)C2. The smallest absolute Gasteiger partial charge is 0.324 e. The fraction of sp³-hybridized carbons (Fsp3) is 0.474. The maximum atomic E-state index is 14.8. The topological polar surface area (TPSA) is 199 Å². The first kappa shape index (κ1) is 53.6. The van der Waals surface area contributed by atoms with Gasteiger partial charge in [-0.25, -0.2) is 5.43 Å². The third-order valence-corrected chi connectivity index (χ3v) is 14.8. The van der Waals surface area contributed by atoms with Gasteiger partial charge in [0.2, 0.25) is 17.7 Å². The normalized spacial score (nSPS) is 20.6. The molecule has 3 aliphatic rings. The minimum atomic E-state index is -1.21. The summed E-state index contributed by atoms with van der Waals surface area (Å²) >= 11 is 0. The van der Waals surface area contributed by atoms with Crippen molar-refractivity contribution in [2.24, 2.45) is 11.3 Å². The molecule has 4 N–H and O–H groups in total. The number of cyclic esters (lactones) is 1. The second-order valence-corrected chi connectivity index (χ2v) is 21.3. The van der Waals surface area contributed by atoms with Gasteiger partial charge < -0.3 is 39.4 Å². The number of hydrogen-bond donors (Lipinski definition) is 4. The van der Waals surface area contributed by atoms with Gasteiger partial charge >= 0.3 is 5.97 Å². The number of aromatic hydroxyl groups is 1. The van der Waals surface area contributed by atoms with Crippen LogP contribution in [-0.4, -0.2) is 141 Å². The maximum absolute atomic E-state index is 14.8. The summed E-state index contributed by atoms with van der Waals surface area (Å²) in [5, 5.41) is 26.5. The van der Waals surface area contributed by atoms with E-state index in [0.717, 1.165) is 50.1 Å². The lowest BCUT2D eigenvalue weighted by Crippen LogP contribution is -2.62. The van der Waals surface area contributed by atoms with E-state index in [4.69, 9.17) is 14.5 Å². The molecule has 2 saturated heterocycles. The number of phenols is 1. The number of carbonyl (C=O) groups is 5. The molecule has 0 aliphatic carbocycles. The number of aliphatic hydroxyl groups excluding tert-OH is 1. The Hall–Kier alpha value is -6.66. The number of likely N-dealkylation sites (N-methyl/N-ethyl adjacent to an activating group) is 2. The first-order valence-electron chi connectivity index (χ1n) is 25.8. The third-order valence-electron chi connectivity index (χ3n) is 14.8. The average molecular weight is 1010 g/mol. The van der Waals surface area contributed by atoms with Crippen LogP contribution in [0.1, 0.15) is 88.4 Å². The number of methoxy groups -OCH3 is 1. The van der Waals surface area contributed by atoms with Gasteiger partial charge in [-0.2, -0.15) is 0 Å². The molecule has 6 bridgehead atoms. The van der Waals surface area contributed by atoms with Crippen LogP contribution in [0.15, 0.2) is 79.0 Å². The fourth-order valence-electron chi connectivity index (χ4n) is 10.7. The summed E-state index contributed by atoms with van der Waals surface area (Å²) < 4.78 is 14.2. The van der Waals surface area contributed by atoms with Crippen molar-refractivity contribution < 1.29 is 43.7 Å². The summed E-state index contributed by atoms with van der Waals surface area (Å²) in [6.07, 6.45) is 2.87. The van der Waals surface area contributed by atoms with Gasteiger partial charge in [-0.05, 0) is 109 Å². The number of fused-ring (bicyclic) bond motifs is 6. The van der Waals surface area contributed by atoms with Gasteiger partial charge in [-0.15, -0.1) is 0 Å². The van der Waals surface area contributed by atoms with E-state index in [-0.39, 0.29) is 50.5 Å². The van der Waals surface area contributed by atoms with E-state index in [9.17, 15) is 34.2 Å². The highest BCUT2D eigenvalue weighted by atomic mass is 16.5. The molecule has 17 nitrogen and oxygen atoms in total. The summed E-state index contributed by atoms with van der Waals surface area (Å²) in [4.78, 5) is 80.5. The molecular weight excluding hydrogens is 941 g/mol. The molecule has 5 heterocycles. The zero-order chi connectivity index (χ0) is 53.2. The summed E-state index contributed by atoms with van der Waals surface area (Å²) in [7, 11) is 4.75. The number of aryl methyl sites for hydroxylation is 1. The molecule has 2 aromatic heterocycles. The number of rotatable bonds is 14. The number of aromatic nitrogens is 2. The Morgan fingerprint density at radius 2 is 1.76 bits per heavy atom. The summed E-state index contributed by atoms with van der Waals surface area (Å²) in [6, 6.07) is 19.4. The number of nitrogens with one attached hydrogen (secondary N) is 2. The number of esters is 1. The predicted octanol–water partition coefficient (Wildman–Crippen LogP) is 5.77. The largest absolute Gasteiger partial charge is 0.508 e. The van der Waals surface area contributed by atoms with Gasteiger partial charge in [-0.1, -0.05) is 64.1 Å². The maximum Gasteiger partial charge on any atom is 0.324 e. The van der Waals surface area contributed by atoms with Crippen LogP contribution in [0.5, 0.6) is 5.75 Å². The van der Waals surface area contributed by atoms with E-state index in [0.29, 0.717) is 50.0 Å². The van der Waals surface area contributed by atoms with E-state index < -0.39 is 59.2 Å². The van der Waals surface area contributed by atoms with Crippen molar-refractivity contribution in [2.75, 3.05) is 47.4 Å². The number of nitrogens with zero attached hydrogens (tertiary/aromatic N) is 6. The van der Waals surface area contributed by atoms with Crippen molar-refractivity contribution in [1.29, 1.82) is 0 Å². The van der Waals surface area contributed by atoms with Crippen LogP contribution in [0.25, 0.3) is 33.3 Å². The van der Waals surface area contributed by atoms with E-state index in [1.165, 1.54) is 21.9 Å². The Morgan fingerprint density at radius 1 is 1.00 bits per heavy atom. The lowest BCUT2D eigenvalue weighted by Gasteiger charge is -2.37. The third kappa shape index (κ3) is 11.5. The van der Waals surface area contributed by atoms with Gasteiger partial charge in [0.05, 0.1) is 37.3 Å². The minimum absolute atomic E-state index is 0.0292. The van der Waals surface area contributed by atoms with E-state index in [1.54, 1.807) is 32.5 Å². The van der Waals surface area contributed by atoms with Crippen molar-refractivity contribution in [2.45, 2.75) is 117 Å². The van der Waals surface area contributed by atoms with Crippen LogP contribution in [0.4, 0.5) is 0 Å². The predicted molar refractivity (Wildman–Crippen MR) is 281 cm³/mol. The number of hydrogen-bond acceptors (Lipinski definition) is 12. The molecule has 74 heavy (non-hydrogen) atoms. The zero-order valence-corrected chi connectivity index (χ0v) is 44.2. The molecule has 0 spiro atoms.